The van der Waals surface area contributed by atoms with Crippen LogP contribution in [0.5, 0.6) is 0 Å². The van der Waals surface area contributed by atoms with Gasteiger partial charge in [0.15, 0.2) is 5.16 Å². The number of nitrogens with zero attached hydrogens (tertiary/aromatic N) is 4. The summed E-state index contributed by atoms with van der Waals surface area (Å²) in [7, 11) is 0. The van der Waals surface area contributed by atoms with Crippen LogP contribution < -0.4 is 5.73 Å². The van der Waals surface area contributed by atoms with Crippen LogP contribution in [0.4, 0.5) is 5.95 Å². The number of nitrogens with two attached hydrogens (primary N) is 1. The fourth-order valence-electron chi connectivity index (χ4n) is 1.63. The van der Waals surface area contributed by atoms with E-state index in [1.165, 1.54) is 0 Å². The maximum atomic E-state index is 10.6. The first-order valence-electron chi connectivity index (χ1n) is 5.55. The zero-order chi connectivity index (χ0) is 13.8. The molecule has 2 aromatic rings. The predicted molar refractivity (Wildman–Crippen MR) is 70.8 cm³/mol. The highest BCUT2D eigenvalue weighted by Gasteiger charge is 2.18. The molecule has 0 aliphatic rings. The van der Waals surface area contributed by atoms with Gasteiger partial charge < -0.3 is 10.8 Å². The molecule has 100 valence electrons. The topological polar surface area (TPSA) is 107 Å². The van der Waals surface area contributed by atoms with E-state index in [1.807, 2.05) is 25.1 Å². The van der Waals surface area contributed by atoms with Gasteiger partial charge in [-0.3, -0.25) is 14.3 Å². The number of carboxylic acids is 1. The number of aliphatic carboxylic acids is 1. The number of aromatic nitrogens is 4. The summed E-state index contributed by atoms with van der Waals surface area (Å²) in [6.45, 7) is 1.91. The molecule has 2 heterocycles. The summed E-state index contributed by atoms with van der Waals surface area (Å²) in [5, 5.41) is 16.9. The molecule has 3 N–H and O–H groups in total. The molecule has 2 aromatic heterocycles. The van der Waals surface area contributed by atoms with Crippen molar-refractivity contribution in [1.29, 1.82) is 0 Å². The number of nitrogen functional groups attached to an aromatic ring is 1. The Kier molecular flexibility index (Phi) is 4.00. The van der Waals surface area contributed by atoms with Crippen molar-refractivity contribution in [2.24, 2.45) is 0 Å². The van der Waals surface area contributed by atoms with E-state index in [-0.39, 0.29) is 17.7 Å². The minimum Gasteiger partial charge on any atom is -0.481 e. The van der Waals surface area contributed by atoms with Gasteiger partial charge in [-0.25, -0.2) is 0 Å². The van der Waals surface area contributed by atoms with Gasteiger partial charge >= 0.3 is 5.97 Å². The van der Waals surface area contributed by atoms with Crippen molar-refractivity contribution >= 4 is 23.7 Å². The van der Waals surface area contributed by atoms with Gasteiger partial charge in [0.2, 0.25) is 5.95 Å². The Bertz CT molecular complexity index is 572. The van der Waals surface area contributed by atoms with E-state index in [0.29, 0.717) is 5.16 Å². The van der Waals surface area contributed by atoms with Gasteiger partial charge in [0.05, 0.1) is 17.5 Å². The van der Waals surface area contributed by atoms with Gasteiger partial charge in [0, 0.05) is 6.20 Å². The second-order valence-corrected chi connectivity index (χ2v) is 4.77. The third kappa shape index (κ3) is 3.02. The first-order valence-corrected chi connectivity index (χ1v) is 6.54. The molecule has 0 saturated heterocycles. The van der Waals surface area contributed by atoms with Crippen LogP contribution in [0.15, 0.2) is 29.6 Å². The largest absolute Gasteiger partial charge is 0.481 e. The highest BCUT2D eigenvalue weighted by atomic mass is 32.2. The van der Waals surface area contributed by atoms with Crippen LogP contribution in [0, 0.1) is 0 Å². The van der Waals surface area contributed by atoms with Gasteiger partial charge in [-0.05, 0) is 19.1 Å². The molecule has 0 amide bonds. The fraction of sp³-hybridized carbons (Fsp3) is 0.273. The van der Waals surface area contributed by atoms with E-state index in [1.54, 1.807) is 10.8 Å². The third-order valence-electron chi connectivity index (χ3n) is 2.52. The standard InChI is InChI=1S/C11H13N5O2S/c1-7(8-4-2-3-5-13-8)16-10(12)14-15-11(16)19-6-9(17)18/h2-5,7H,6H2,1H3,(H2,12,14)(H,17,18). The Morgan fingerprint density at radius 1 is 1.53 bits per heavy atom. The average molecular weight is 279 g/mol. The summed E-state index contributed by atoms with van der Waals surface area (Å²) in [4.78, 5) is 14.9. The maximum Gasteiger partial charge on any atom is 0.313 e. The molecule has 1 atom stereocenters. The van der Waals surface area contributed by atoms with Crippen molar-refractivity contribution in [1.82, 2.24) is 19.7 Å². The molecule has 1 unspecified atom stereocenters. The van der Waals surface area contributed by atoms with Crippen LogP contribution in [-0.2, 0) is 4.79 Å². The molecule has 8 heteroatoms. The minimum atomic E-state index is -0.913. The number of anilines is 1. The lowest BCUT2D eigenvalue weighted by molar-refractivity contribution is -0.133. The molecule has 0 saturated carbocycles. The Hall–Kier alpha value is -2.09. The molecule has 0 fully saturated rings. The van der Waals surface area contributed by atoms with E-state index < -0.39 is 5.97 Å². The van der Waals surface area contributed by atoms with Gasteiger partial charge in [0.1, 0.15) is 0 Å². The monoisotopic (exact) mass is 279 g/mol. The van der Waals surface area contributed by atoms with E-state index in [0.717, 1.165) is 17.5 Å². The number of hydrogen-bond acceptors (Lipinski definition) is 6. The van der Waals surface area contributed by atoms with Crippen LogP contribution in [0.25, 0.3) is 0 Å². The lowest BCUT2D eigenvalue weighted by atomic mass is 10.2. The van der Waals surface area contributed by atoms with Crippen LogP contribution >= 0.6 is 11.8 Å². The normalized spacial score (nSPS) is 12.3. The number of pyridine rings is 1. The lowest BCUT2D eigenvalue weighted by Gasteiger charge is -2.15. The van der Waals surface area contributed by atoms with Crippen molar-refractivity contribution in [2.75, 3.05) is 11.5 Å². The average Bonchev–Trinajstić information content (AvgIpc) is 2.78. The highest BCUT2D eigenvalue weighted by Crippen LogP contribution is 2.25. The number of rotatable bonds is 5. The van der Waals surface area contributed by atoms with E-state index >= 15 is 0 Å². The predicted octanol–water partition coefficient (Wildman–Crippen LogP) is 1.04. The smallest absolute Gasteiger partial charge is 0.313 e. The zero-order valence-corrected chi connectivity index (χ0v) is 11.0. The Balaban J connectivity index is 2.28. The Morgan fingerprint density at radius 2 is 2.32 bits per heavy atom. The van der Waals surface area contributed by atoms with Gasteiger partial charge in [-0.15, -0.1) is 10.2 Å². The van der Waals surface area contributed by atoms with E-state index in [9.17, 15) is 4.79 Å². The maximum absolute atomic E-state index is 10.6. The zero-order valence-electron chi connectivity index (χ0n) is 10.2. The number of thioether (sulfide) groups is 1. The second kappa shape index (κ2) is 5.70. The SMILES string of the molecule is CC(c1ccccn1)n1c(N)nnc1SCC(=O)O. The molecular formula is C11H13N5O2S. The molecule has 0 aromatic carbocycles. The Labute approximate surface area is 113 Å². The molecule has 0 spiro atoms. The van der Waals surface area contributed by atoms with Crippen molar-refractivity contribution in [3.05, 3.63) is 30.1 Å². The number of hydrogen-bond donors (Lipinski definition) is 2. The quantitative estimate of drug-likeness (QED) is 0.787. The minimum absolute atomic E-state index is 0.0902. The summed E-state index contributed by atoms with van der Waals surface area (Å²) in [5.41, 5.74) is 6.60. The van der Waals surface area contributed by atoms with E-state index in [2.05, 4.69) is 15.2 Å². The van der Waals surface area contributed by atoms with Crippen LogP contribution in [-0.4, -0.2) is 36.6 Å². The summed E-state index contributed by atoms with van der Waals surface area (Å²) >= 11 is 1.08. The molecule has 2 rings (SSSR count). The fourth-order valence-corrected chi connectivity index (χ4v) is 2.37. The van der Waals surface area contributed by atoms with Crippen molar-refractivity contribution in [3.63, 3.8) is 0 Å². The summed E-state index contributed by atoms with van der Waals surface area (Å²) in [6, 6.07) is 5.41. The molecular weight excluding hydrogens is 266 g/mol. The molecule has 19 heavy (non-hydrogen) atoms. The van der Waals surface area contributed by atoms with Crippen LogP contribution in [0.2, 0.25) is 0 Å². The van der Waals surface area contributed by atoms with Crippen LogP contribution in [0.1, 0.15) is 18.7 Å². The van der Waals surface area contributed by atoms with Gasteiger partial charge in [0.25, 0.3) is 0 Å². The van der Waals surface area contributed by atoms with Crippen LogP contribution in [0.3, 0.4) is 0 Å². The lowest BCUT2D eigenvalue weighted by Crippen LogP contribution is -2.13. The van der Waals surface area contributed by atoms with E-state index in [4.69, 9.17) is 10.8 Å². The molecule has 0 aliphatic carbocycles. The first-order chi connectivity index (χ1) is 9.09. The molecule has 0 aliphatic heterocycles. The van der Waals surface area contributed by atoms with Gasteiger partial charge in [-0.1, -0.05) is 17.8 Å². The van der Waals surface area contributed by atoms with Crippen molar-refractivity contribution in [2.45, 2.75) is 18.1 Å². The van der Waals surface area contributed by atoms with Crippen molar-refractivity contribution < 1.29 is 9.90 Å². The Morgan fingerprint density at radius 3 is 2.95 bits per heavy atom. The third-order valence-corrected chi connectivity index (χ3v) is 3.45. The molecule has 7 nitrogen and oxygen atoms in total. The second-order valence-electron chi connectivity index (χ2n) is 3.82. The number of carboxylic acid groups (broad SMARTS) is 1. The number of carbonyl (C=O) groups is 1. The summed E-state index contributed by atoms with van der Waals surface area (Å²) < 4.78 is 1.68. The molecule has 0 radical (unpaired) electrons. The highest BCUT2D eigenvalue weighted by molar-refractivity contribution is 7.99. The van der Waals surface area contributed by atoms with Gasteiger partial charge in [-0.2, -0.15) is 0 Å². The van der Waals surface area contributed by atoms with Crippen molar-refractivity contribution in [3.8, 4) is 0 Å². The summed E-state index contributed by atoms with van der Waals surface area (Å²) in [5.74, 6) is -0.762. The first kappa shape index (κ1) is 13.3. The summed E-state index contributed by atoms with van der Waals surface area (Å²) in [6.07, 6.45) is 1.69. The molecule has 0 bridgehead atoms.